The number of carboxylic acid groups (broad SMARTS) is 1. The number of piperidine rings is 1. The zero-order chi connectivity index (χ0) is 34.1. The van der Waals surface area contributed by atoms with Crippen molar-refractivity contribution in [1.29, 1.82) is 0 Å². The summed E-state index contributed by atoms with van der Waals surface area (Å²) in [5, 5.41) is 14.9. The molecule has 250 valence electrons. The van der Waals surface area contributed by atoms with Crippen LogP contribution in [-0.2, 0) is 15.1 Å². The Labute approximate surface area is 314 Å². The molecule has 2 aliphatic rings. The summed E-state index contributed by atoms with van der Waals surface area (Å²) in [5.41, 5.74) is 4.28. The van der Waals surface area contributed by atoms with Crippen LogP contribution >= 0.6 is 23.2 Å². The molecule has 4 aromatic carbocycles. The Kier molecular flexibility index (Phi) is 15.4. The quantitative estimate of drug-likeness (QED) is 0.190. The predicted molar refractivity (Wildman–Crippen MR) is 183 cm³/mol. The number of rotatable bonds is 7. The molecule has 2 aliphatic heterocycles. The molecular formula is C35H37Cl2N2NaO7S. The smallest absolute Gasteiger partial charge is 0.545 e. The Hall–Kier alpha value is -2.48. The molecule has 6 rings (SSSR count). The number of hydrogen-bond acceptors (Lipinski definition) is 7. The first-order valence-electron chi connectivity index (χ1n) is 15.0. The molecule has 13 heteroatoms. The number of para-hydroxylation sites is 1. The van der Waals surface area contributed by atoms with Gasteiger partial charge in [-0.2, -0.15) is 8.42 Å². The monoisotopic (exact) mass is 722 g/mol. The minimum Gasteiger partial charge on any atom is -0.545 e. The van der Waals surface area contributed by atoms with E-state index in [4.69, 9.17) is 45.5 Å². The van der Waals surface area contributed by atoms with Crippen molar-refractivity contribution in [3.8, 4) is 0 Å². The van der Waals surface area contributed by atoms with Gasteiger partial charge in [-0.1, -0.05) is 108 Å². The molecule has 2 bridgehead atoms. The summed E-state index contributed by atoms with van der Waals surface area (Å²) in [4.78, 5) is 13.6. The van der Waals surface area contributed by atoms with Gasteiger partial charge in [0.1, 0.15) is 6.10 Å². The summed E-state index contributed by atoms with van der Waals surface area (Å²) in [6.45, 7) is 1.84. The summed E-state index contributed by atoms with van der Waals surface area (Å²) < 4.78 is 38.2. The van der Waals surface area contributed by atoms with Crippen molar-refractivity contribution in [3.05, 3.63) is 129 Å². The van der Waals surface area contributed by atoms with Crippen LogP contribution in [0.1, 0.15) is 58.8 Å². The Morgan fingerprint density at radius 2 is 1.35 bits per heavy atom. The van der Waals surface area contributed by atoms with Crippen molar-refractivity contribution in [2.45, 2.75) is 56.9 Å². The van der Waals surface area contributed by atoms with Crippen LogP contribution in [0.25, 0.3) is 0 Å². The number of nitrogens with zero attached hydrogens (tertiary/aromatic N) is 1. The number of aromatic carboxylic acids is 1. The maximum absolute atomic E-state index is 11.0. The van der Waals surface area contributed by atoms with Crippen LogP contribution < -0.4 is 40.0 Å². The van der Waals surface area contributed by atoms with Gasteiger partial charge in [-0.05, 0) is 68.5 Å². The van der Waals surface area contributed by atoms with E-state index in [1.54, 1.807) is 30.3 Å². The number of anilines is 2. The zero-order valence-electron chi connectivity index (χ0n) is 26.9. The van der Waals surface area contributed by atoms with E-state index < -0.39 is 16.4 Å². The number of aryl methyl sites for hydroxylation is 1. The van der Waals surface area contributed by atoms with Crippen molar-refractivity contribution in [2.24, 2.45) is 0 Å². The predicted octanol–water partition coefficient (Wildman–Crippen LogP) is 4.18. The van der Waals surface area contributed by atoms with Crippen molar-refractivity contribution in [2.75, 3.05) is 12.4 Å². The number of benzene rings is 4. The molecule has 4 aromatic rings. The fraction of sp³-hybridized carbons (Fsp3) is 0.286. The van der Waals surface area contributed by atoms with E-state index in [2.05, 4.69) is 77.9 Å². The van der Waals surface area contributed by atoms with Crippen molar-refractivity contribution in [1.82, 2.24) is 4.90 Å². The number of halogens is 2. The molecule has 0 aromatic heterocycles. The Balaban J connectivity index is 0.000000228. The second kappa shape index (κ2) is 18.5. The van der Waals surface area contributed by atoms with Crippen LogP contribution in [0.4, 0.5) is 11.4 Å². The van der Waals surface area contributed by atoms with E-state index in [9.17, 15) is 9.90 Å². The van der Waals surface area contributed by atoms with Gasteiger partial charge in [0.2, 0.25) is 0 Å². The van der Waals surface area contributed by atoms with Gasteiger partial charge in [0, 0.05) is 23.3 Å². The first kappa shape index (κ1) is 40.0. The van der Waals surface area contributed by atoms with Gasteiger partial charge in [-0.25, -0.2) is 0 Å². The largest absolute Gasteiger partial charge is 1.00 e. The molecule has 2 fully saturated rings. The fourth-order valence-electron chi connectivity index (χ4n) is 5.95. The van der Waals surface area contributed by atoms with Gasteiger partial charge in [-0.3, -0.25) is 9.11 Å². The van der Waals surface area contributed by atoms with Crippen LogP contribution in [0.3, 0.4) is 0 Å². The number of carboxylic acids is 1. The minimum absolute atomic E-state index is 0. The van der Waals surface area contributed by atoms with E-state index in [0.29, 0.717) is 39.6 Å². The third-order valence-electron chi connectivity index (χ3n) is 8.28. The number of carbonyl (C=O) groups excluding carboxylic acids is 1. The van der Waals surface area contributed by atoms with Gasteiger partial charge < -0.3 is 24.9 Å². The molecule has 2 heterocycles. The van der Waals surface area contributed by atoms with Crippen molar-refractivity contribution in [3.63, 3.8) is 0 Å². The van der Waals surface area contributed by atoms with Gasteiger partial charge in [0.25, 0.3) is 0 Å². The van der Waals surface area contributed by atoms with Crippen LogP contribution in [-0.4, -0.2) is 53.6 Å². The van der Waals surface area contributed by atoms with Crippen molar-refractivity contribution >= 4 is 50.9 Å². The van der Waals surface area contributed by atoms with E-state index >= 15 is 0 Å². The molecule has 2 saturated heterocycles. The van der Waals surface area contributed by atoms with Crippen LogP contribution in [0.5, 0.6) is 0 Å². The molecular weight excluding hydrogens is 686 g/mol. The molecule has 0 spiro atoms. The van der Waals surface area contributed by atoms with Crippen LogP contribution in [0.2, 0.25) is 10.0 Å². The number of nitrogens with one attached hydrogen (secondary N) is 1. The van der Waals surface area contributed by atoms with E-state index in [-0.39, 0.29) is 41.2 Å². The topological polar surface area (TPSA) is 139 Å². The summed E-state index contributed by atoms with van der Waals surface area (Å²) in [7, 11) is -2.38. The molecule has 0 amide bonds. The average Bonchev–Trinajstić information content (AvgIpc) is 3.23. The van der Waals surface area contributed by atoms with E-state index in [1.807, 2.05) is 6.92 Å². The fourth-order valence-corrected chi connectivity index (χ4v) is 6.41. The third-order valence-corrected chi connectivity index (χ3v) is 9.08. The van der Waals surface area contributed by atoms with Crippen molar-refractivity contribution < 1.29 is 61.7 Å². The third kappa shape index (κ3) is 11.6. The van der Waals surface area contributed by atoms with Crippen LogP contribution in [0.15, 0.2) is 97.1 Å². The molecule has 48 heavy (non-hydrogen) atoms. The number of fused-ring (bicyclic) bond motifs is 2. The molecule has 9 nitrogen and oxygen atoms in total. The number of carbonyl (C=O) groups is 1. The first-order chi connectivity index (χ1) is 22.3. The second-order valence-corrected chi connectivity index (χ2v) is 13.1. The molecule has 0 saturated carbocycles. The summed E-state index contributed by atoms with van der Waals surface area (Å²) >= 11 is 12.2. The maximum Gasteiger partial charge on any atom is 1.00 e. The van der Waals surface area contributed by atoms with Crippen LogP contribution in [0, 0.1) is 6.92 Å². The molecule has 0 aliphatic carbocycles. The SMILES string of the molecule is CN1C2CCC1CC(OC(c1ccccc1)c1ccccc1)C2.Cc1ccc(Cl)c(Nc2ccccc2C(=O)[O-])c1Cl.O=S(=O)(O)O.[Na+]. The van der Waals surface area contributed by atoms with Gasteiger partial charge >= 0.3 is 40.0 Å². The summed E-state index contributed by atoms with van der Waals surface area (Å²) in [6, 6.07) is 32.6. The minimum atomic E-state index is -4.67. The zero-order valence-corrected chi connectivity index (χ0v) is 31.3. The summed E-state index contributed by atoms with van der Waals surface area (Å²) in [5.74, 6) is -1.26. The van der Waals surface area contributed by atoms with E-state index in [1.165, 1.54) is 42.9 Å². The maximum atomic E-state index is 11.0. The van der Waals surface area contributed by atoms with Gasteiger partial charge in [-0.15, -0.1) is 0 Å². The summed E-state index contributed by atoms with van der Waals surface area (Å²) in [6.07, 6.45) is 5.43. The Bertz CT molecular complexity index is 1690. The Morgan fingerprint density at radius 1 is 0.875 bits per heavy atom. The molecule has 2 atom stereocenters. The molecule has 3 N–H and O–H groups in total. The van der Waals surface area contributed by atoms with Gasteiger partial charge in [0.15, 0.2) is 0 Å². The standard InChI is InChI=1S/C21H25NO.C14H11Cl2NO2.Na.H2O4S/c1-22-18-12-13-19(22)15-20(14-18)23-21(16-8-4-2-5-9-16)17-10-6-3-7-11-17;1-8-6-7-10(15)13(12(8)16)17-11-5-3-2-4-9(11)14(18)19;;1-5(2,3)4/h2-11,18-21H,12-15H2,1H3;2-7,17H,1H3,(H,18,19);;(H2,1,2,3,4)/q;;+1;/p-1. The average molecular weight is 724 g/mol. The first-order valence-corrected chi connectivity index (χ1v) is 17.2. The van der Waals surface area contributed by atoms with E-state index in [0.717, 1.165) is 5.56 Å². The van der Waals surface area contributed by atoms with Gasteiger partial charge in [0.05, 0.1) is 27.8 Å². The molecule has 2 unspecified atom stereocenters. The number of ether oxygens (including phenoxy) is 1. The Morgan fingerprint density at radius 3 is 1.85 bits per heavy atom. The molecule has 0 radical (unpaired) electrons. The normalized spacial score (nSPS) is 18.4. The second-order valence-electron chi connectivity index (χ2n) is 11.4. The number of hydrogen-bond donors (Lipinski definition) is 3.